The van der Waals surface area contributed by atoms with Crippen LogP contribution in [0.25, 0.3) is 0 Å². The van der Waals surface area contributed by atoms with Crippen molar-refractivity contribution in [2.45, 2.75) is 20.0 Å². The Balaban J connectivity index is 1.57. The summed E-state index contributed by atoms with van der Waals surface area (Å²) in [5.74, 6) is 0. The molecule has 2 amide bonds. The van der Waals surface area contributed by atoms with Gasteiger partial charge in [0.15, 0.2) is 0 Å². The summed E-state index contributed by atoms with van der Waals surface area (Å²) in [6.07, 6.45) is 0. The molecule has 1 aromatic carbocycles. The molecule has 0 bridgehead atoms. The van der Waals surface area contributed by atoms with Crippen LogP contribution in [0.15, 0.2) is 29.8 Å². The van der Waals surface area contributed by atoms with Gasteiger partial charge < -0.3 is 15.4 Å². The molecule has 24 heavy (non-hydrogen) atoms. The van der Waals surface area contributed by atoms with E-state index in [0.717, 1.165) is 54.7 Å². The Labute approximate surface area is 145 Å². The minimum Gasteiger partial charge on any atom is -0.379 e. The van der Waals surface area contributed by atoms with Gasteiger partial charge in [-0.05, 0) is 18.6 Å². The van der Waals surface area contributed by atoms with Crippen LogP contribution in [0, 0.1) is 6.92 Å². The summed E-state index contributed by atoms with van der Waals surface area (Å²) in [7, 11) is 0. The summed E-state index contributed by atoms with van der Waals surface area (Å²) < 4.78 is 5.38. The first-order valence-electron chi connectivity index (χ1n) is 8.04. The molecule has 6 nitrogen and oxygen atoms in total. The van der Waals surface area contributed by atoms with Crippen LogP contribution in [0.2, 0.25) is 0 Å². The van der Waals surface area contributed by atoms with Gasteiger partial charge in [0.2, 0.25) is 0 Å². The lowest BCUT2D eigenvalue weighted by Gasteiger charge is -2.27. The number of nitrogens with one attached hydrogen (secondary N) is 2. The maximum Gasteiger partial charge on any atom is 0.319 e. The Kier molecular flexibility index (Phi) is 5.79. The quantitative estimate of drug-likeness (QED) is 0.873. The molecule has 3 rings (SSSR count). The molecule has 1 aliphatic rings. The van der Waals surface area contributed by atoms with Gasteiger partial charge in [0.05, 0.1) is 31.0 Å². The van der Waals surface area contributed by atoms with Gasteiger partial charge in [-0.2, -0.15) is 0 Å². The molecule has 0 atom stereocenters. The van der Waals surface area contributed by atoms with Crippen LogP contribution >= 0.6 is 11.3 Å². The number of morpholine rings is 1. The molecule has 0 saturated carbocycles. The van der Waals surface area contributed by atoms with Crippen LogP contribution in [0.4, 0.5) is 10.5 Å². The van der Waals surface area contributed by atoms with Crippen molar-refractivity contribution in [1.29, 1.82) is 0 Å². The second-order valence-corrected chi connectivity index (χ2v) is 6.65. The number of para-hydroxylation sites is 1. The Bertz CT molecular complexity index is 683. The second-order valence-electron chi connectivity index (χ2n) is 5.71. The number of anilines is 1. The summed E-state index contributed by atoms with van der Waals surface area (Å²) in [5.41, 5.74) is 4.72. The number of rotatable bonds is 5. The normalized spacial score (nSPS) is 15.2. The Morgan fingerprint density at radius 2 is 2.12 bits per heavy atom. The van der Waals surface area contributed by atoms with Crippen molar-refractivity contribution in [3.63, 3.8) is 0 Å². The van der Waals surface area contributed by atoms with Gasteiger partial charge in [0.1, 0.15) is 0 Å². The highest BCUT2D eigenvalue weighted by molar-refractivity contribution is 7.09. The van der Waals surface area contributed by atoms with Gasteiger partial charge in [-0.15, -0.1) is 11.3 Å². The van der Waals surface area contributed by atoms with Crippen LogP contribution in [-0.2, 0) is 17.8 Å². The molecule has 0 spiro atoms. The van der Waals surface area contributed by atoms with Crippen molar-refractivity contribution >= 4 is 23.1 Å². The van der Waals surface area contributed by atoms with E-state index in [4.69, 9.17) is 4.74 Å². The molecule has 0 radical (unpaired) electrons. The number of carbonyl (C=O) groups is 1. The molecule has 2 heterocycles. The van der Waals surface area contributed by atoms with Crippen molar-refractivity contribution < 1.29 is 9.53 Å². The van der Waals surface area contributed by atoms with Crippen molar-refractivity contribution in [2.24, 2.45) is 0 Å². The third kappa shape index (κ3) is 4.53. The number of urea groups is 1. The summed E-state index contributed by atoms with van der Waals surface area (Å²) in [6, 6.07) is 7.73. The third-order valence-electron chi connectivity index (χ3n) is 4.02. The smallest absolute Gasteiger partial charge is 0.319 e. The van der Waals surface area contributed by atoms with Crippen LogP contribution < -0.4 is 10.6 Å². The lowest BCUT2D eigenvalue weighted by molar-refractivity contribution is 0.0343. The molecule has 2 N–H and O–H groups in total. The van der Waals surface area contributed by atoms with Crippen LogP contribution in [0.1, 0.15) is 16.1 Å². The molecule has 2 aromatic rings. The number of hydrogen-bond donors (Lipinski definition) is 2. The van der Waals surface area contributed by atoms with E-state index in [2.05, 4.69) is 26.6 Å². The second kappa shape index (κ2) is 8.23. The van der Waals surface area contributed by atoms with E-state index in [0.29, 0.717) is 6.54 Å². The van der Waals surface area contributed by atoms with Crippen molar-refractivity contribution in [3.05, 3.63) is 45.9 Å². The maximum absolute atomic E-state index is 12.2. The Hall–Kier alpha value is -1.96. The minimum atomic E-state index is -0.197. The fourth-order valence-electron chi connectivity index (χ4n) is 2.60. The summed E-state index contributed by atoms with van der Waals surface area (Å²) >= 11 is 1.55. The SMILES string of the molecule is Cc1ncsc1CNC(=O)Nc1ccccc1CN1CCOCC1. The Morgan fingerprint density at radius 1 is 1.33 bits per heavy atom. The number of thiazole rings is 1. The molecule has 128 valence electrons. The lowest BCUT2D eigenvalue weighted by Crippen LogP contribution is -2.36. The van der Waals surface area contributed by atoms with Crippen LogP contribution in [0.5, 0.6) is 0 Å². The zero-order valence-electron chi connectivity index (χ0n) is 13.7. The van der Waals surface area contributed by atoms with Gasteiger partial charge in [-0.1, -0.05) is 18.2 Å². The first-order chi connectivity index (χ1) is 11.7. The molecular formula is C17H22N4O2S. The van der Waals surface area contributed by atoms with Crippen molar-refractivity contribution in [3.8, 4) is 0 Å². The zero-order chi connectivity index (χ0) is 16.8. The zero-order valence-corrected chi connectivity index (χ0v) is 14.6. The Morgan fingerprint density at radius 3 is 2.88 bits per heavy atom. The van der Waals surface area contributed by atoms with E-state index in [1.165, 1.54) is 0 Å². The molecule has 1 aliphatic heterocycles. The van der Waals surface area contributed by atoms with Gasteiger partial charge in [-0.3, -0.25) is 4.90 Å². The molecule has 1 fully saturated rings. The molecule has 0 aliphatic carbocycles. The largest absolute Gasteiger partial charge is 0.379 e. The molecule has 1 aromatic heterocycles. The number of hydrogen-bond acceptors (Lipinski definition) is 5. The monoisotopic (exact) mass is 346 g/mol. The fourth-order valence-corrected chi connectivity index (χ4v) is 3.32. The summed E-state index contributed by atoms with van der Waals surface area (Å²) in [4.78, 5) is 19.8. The van der Waals surface area contributed by atoms with Crippen LogP contribution in [-0.4, -0.2) is 42.2 Å². The van der Waals surface area contributed by atoms with E-state index in [-0.39, 0.29) is 6.03 Å². The summed E-state index contributed by atoms with van der Waals surface area (Å²) in [5, 5.41) is 5.85. The van der Waals surface area contributed by atoms with Gasteiger partial charge in [0.25, 0.3) is 0 Å². The predicted molar refractivity (Wildman–Crippen MR) is 95.2 cm³/mol. The van der Waals surface area contributed by atoms with E-state index in [1.54, 1.807) is 16.8 Å². The van der Waals surface area contributed by atoms with Crippen LogP contribution in [0.3, 0.4) is 0 Å². The number of aromatic nitrogens is 1. The number of amides is 2. The predicted octanol–water partition coefficient (Wildman–Crippen LogP) is 2.61. The molecule has 1 saturated heterocycles. The summed E-state index contributed by atoms with van der Waals surface area (Å²) in [6.45, 7) is 6.63. The van der Waals surface area contributed by atoms with E-state index in [9.17, 15) is 4.79 Å². The van der Waals surface area contributed by atoms with Crippen molar-refractivity contribution in [2.75, 3.05) is 31.6 Å². The first kappa shape index (κ1) is 16.9. The molecular weight excluding hydrogens is 324 g/mol. The molecule has 7 heteroatoms. The average Bonchev–Trinajstić information content (AvgIpc) is 3.01. The highest BCUT2D eigenvalue weighted by Crippen LogP contribution is 2.18. The topological polar surface area (TPSA) is 66.5 Å². The number of benzene rings is 1. The highest BCUT2D eigenvalue weighted by atomic mass is 32.1. The van der Waals surface area contributed by atoms with Gasteiger partial charge in [0, 0.05) is 30.2 Å². The first-order valence-corrected chi connectivity index (χ1v) is 8.92. The van der Waals surface area contributed by atoms with Gasteiger partial charge >= 0.3 is 6.03 Å². The standard InChI is InChI=1S/C17H22N4O2S/c1-13-16(24-12-19-13)10-18-17(22)20-15-5-3-2-4-14(15)11-21-6-8-23-9-7-21/h2-5,12H,6-11H2,1H3,(H2,18,20,22). The van der Waals surface area contributed by atoms with E-state index >= 15 is 0 Å². The van der Waals surface area contributed by atoms with Crippen molar-refractivity contribution in [1.82, 2.24) is 15.2 Å². The third-order valence-corrected chi connectivity index (χ3v) is 4.95. The highest BCUT2D eigenvalue weighted by Gasteiger charge is 2.14. The number of ether oxygens (including phenoxy) is 1. The van der Waals surface area contributed by atoms with E-state index < -0.39 is 0 Å². The number of carbonyl (C=O) groups excluding carboxylic acids is 1. The number of aryl methyl sites for hydroxylation is 1. The van der Waals surface area contributed by atoms with E-state index in [1.807, 2.05) is 25.1 Å². The average molecular weight is 346 g/mol. The lowest BCUT2D eigenvalue weighted by atomic mass is 10.1. The minimum absolute atomic E-state index is 0.197. The maximum atomic E-state index is 12.2. The molecule has 0 unspecified atom stereocenters. The number of nitrogens with zero attached hydrogens (tertiary/aromatic N) is 2. The van der Waals surface area contributed by atoms with Gasteiger partial charge in [-0.25, -0.2) is 9.78 Å². The fraction of sp³-hybridized carbons (Fsp3) is 0.412.